The van der Waals surface area contributed by atoms with E-state index in [1.165, 1.54) is 9.80 Å². The summed E-state index contributed by atoms with van der Waals surface area (Å²) in [5.41, 5.74) is 8.97. The molecule has 336 valence electrons. The number of pyridine rings is 2. The van der Waals surface area contributed by atoms with Crippen molar-refractivity contribution in [1.29, 1.82) is 0 Å². The Hall–Kier alpha value is -5.64. The zero-order chi connectivity index (χ0) is 46.4. The summed E-state index contributed by atoms with van der Waals surface area (Å²) >= 11 is 1.84. The summed E-state index contributed by atoms with van der Waals surface area (Å²) in [4.78, 5) is 51.0. The van der Waals surface area contributed by atoms with Crippen LogP contribution in [0.4, 0.5) is 21.9 Å². The van der Waals surface area contributed by atoms with Crippen LogP contribution in [0.25, 0.3) is 22.5 Å². The molecule has 20 heteroatoms. The molecule has 64 heavy (non-hydrogen) atoms. The van der Waals surface area contributed by atoms with E-state index in [1.54, 1.807) is 27.9 Å². The fourth-order valence-electron chi connectivity index (χ4n) is 7.86. The van der Waals surface area contributed by atoms with E-state index in [2.05, 4.69) is 34.2 Å². The van der Waals surface area contributed by atoms with Gasteiger partial charge >= 0.3 is 0 Å². The summed E-state index contributed by atoms with van der Waals surface area (Å²) in [6, 6.07) is 24.3. The second-order valence-electron chi connectivity index (χ2n) is 16.4. The van der Waals surface area contributed by atoms with Gasteiger partial charge in [0.2, 0.25) is 31.9 Å². The second kappa shape index (κ2) is 18.1. The quantitative estimate of drug-likeness (QED) is 0.181. The van der Waals surface area contributed by atoms with Gasteiger partial charge in [0, 0.05) is 65.2 Å². The fraction of sp³-hybridized carbons (Fsp3) is 0.318. The van der Waals surface area contributed by atoms with E-state index in [1.807, 2.05) is 86.5 Å². The minimum Gasteiger partial charge on any atom is -0.363 e. The smallest absolute Gasteiger partial charge is 0.249 e. The Morgan fingerprint density at radius 3 is 1.23 bits per heavy atom. The molecule has 2 aromatic carbocycles. The van der Waals surface area contributed by atoms with E-state index in [9.17, 15) is 26.4 Å². The van der Waals surface area contributed by atoms with Crippen LogP contribution in [0.2, 0.25) is 0 Å². The topological polar surface area (TPSA) is 219 Å². The molecule has 2 aliphatic rings. The molecular weight excluding hydrogens is 893 g/mol. The molecule has 2 atom stereocenters. The van der Waals surface area contributed by atoms with Gasteiger partial charge in [-0.1, -0.05) is 59.1 Å². The Morgan fingerprint density at radius 1 is 0.547 bits per heavy atom. The molecule has 16 nitrogen and oxygen atoms in total. The summed E-state index contributed by atoms with van der Waals surface area (Å²) in [6.07, 6.45) is 2.50. The fourth-order valence-corrected chi connectivity index (χ4v) is 11.7. The number of aromatic nitrogens is 4. The normalized spacial score (nSPS) is 15.5. The summed E-state index contributed by atoms with van der Waals surface area (Å²) in [5, 5.41) is 11.2. The first kappa shape index (κ1) is 46.4. The van der Waals surface area contributed by atoms with Crippen LogP contribution in [0.5, 0.6) is 0 Å². The molecular formula is C44H50N10O6S4. The van der Waals surface area contributed by atoms with Crippen molar-refractivity contribution in [2.24, 2.45) is 22.1 Å². The first-order chi connectivity index (χ1) is 30.1. The molecule has 0 spiro atoms. The number of sulfonamides is 2. The first-order valence-electron chi connectivity index (χ1n) is 20.2. The maximum Gasteiger partial charge on any atom is 0.249 e. The highest BCUT2D eigenvalue weighted by Gasteiger charge is 2.34. The van der Waals surface area contributed by atoms with Crippen LogP contribution < -0.4 is 29.9 Å². The Labute approximate surface area is 381 Å². The van der Waals surface area contributed by atoms with Crippen LogP contribution >= 0.6 is 22.7 Å². The van der Waals surface area contributed by atoms with Gasteiger partial charge in [-0.25, -0.2) is 47.0 Å². The van der Waals surface area contributed by atoms with Crippen LogP contribution in [-0.4, -0.2) is 90.9 Å². The number of carbonyl (C=O) groups excluding carboxylic acids is 2. The lowest BCUT2D eigenvalue weighted by molar-refractivity contribution is -0.122. The number of rotatable bonds is 10. The molecule has 2 aliphatic carbocycles. The monoisotopic (exact) mass is 942 g/mol. The molecule has 2 amide bonds. The van der Waals surface area contributed by atoms with E-state index in [4.69, 9.17) is 20.2 Å². The van der Waals surface area contributed by atoms with Crippen molar-refractivity contribution in [1.82, 2.24) is 19.9 Å². The van der Waals surface area contributed by atoms with E-state index in [-0.39, 0.29) is 32.1 Å². The van der Waals surface area contributed by atoms with Crippen LogP contribution in [0, 0.1) is 25.7 Å². The predicted octanol–water partition coefficient (Wildman–Crippen LogP) is 5.21. The van der Waals surface area contributed by atoms with Crippen molar-refractivity contribution in [2.45, 2.75) is 47.9 Å². The summed E-state index contributed by atoms with van der Waals surface area (Å²) in [5.74, 6) is 1.13. The highest BCUT2D eigenvalue weighted by Crippen LogP contribution is 2.36. The standard InChI is InChI=1S/2C22H25N5O3S2/c2*1-13-21(32(23,29)30)31-22(24-13)27(4)20(28)17-10-14-8-9-15(11-16(14)12-17)18-6-5-7-19(25-18)26(2)3/h2*5-9,11,17H,10,12H2,1-4H3,(H2,23,29,30)/t2*17-/m10/s1. The van der Waals surface area contributed by atoms with E-state index < -0.39 is 20.0 Å². The van der Waals surface area contributed by atoms with Gasteiger partial charge in [-0.05, 0) is 98.2 Å². The van der Waals surface area contributed by atoms with Crippen molar-refractivity contribution < 1.29 is 26.4 Å². The molecule has 0 saturated heterocycles. The number of amides is 2. The van der Waals surface area contributed by atoms with Gasteiger partial charge in [0.15, 0.2) is 18.7 Å². The van der Waals surface area contributed by atoms with Gasteiger partial charge in [0.1, 0.15) is 11.6 Å². The van der Waals surface area contributed by atoms with Crippen LogP contribution in [0.15, 0.2) is 81.2 Å². The van der Waals surface area contributed by atoms with Gasteiger partial charge in [-0.3, -0.25) is 19.4 Å². The Morgan fingerprint density at radius 2 is 0.906 bits per heavy atom. The number of carbonyl (C=O) groups is 2. The molecule has 0 saturated carbocycles. The van der Waals surface area contributed by atoms with E-state index >= 15 is 0 Å². The number of anilines is 4. The number of benzene rings is 2. The van der Waals surface area contributed by atoms with Crippen molar-refractivity contribution >= 4 is 76.4 Å². The predicted molar refractivity (Wildman–Crippen MR) is 253 cm³/mol. The minimum atomic E-state index is -3.87. The summed E-state index contributed by atoms with van der Waals surface area (Å²) in [6.45, 7) is 3.15. The van der Waals surface area contributed by atoms with Gasteiger partial charge in [-0.15, -0.1) is 0 Å². The van der Waals surface area contributed by atoms with Crippen LogP contribution in [0.1, 0.15) is 33.6 Å². The number of fused-ring (bicyclic) bond motifs is 2. The van der Waals surface area contributed by atoms with E-state index in [0.29, 0.717) is 47.3 Å². The van der Waals surface area contributed by atoms with Crippen molar-refractivity contribution in [3.8, 4) is 22.5 Å². The lowest BCUT2D eigenvalue weighted by Crippen LogP contribution is -2.33. The largest absolute Gasteiger partial charge is 0.363 e. The van der Waals surface area contributed by atoms with Crippen LogP contribution in [-0.2, 0) is 55.3 Å². The molecule has 0 fully saturated rings. The molecule has 0 bridgehead atoms. The first-order valence-corrected chi connectivity index (χ1v) is 24.9. The highest BCUT2D eigenvalue weighted by atomic mass is 32.3. The van der Waals surface area contributed by atoms with Gasteiger partial charge in [0.25, 0.3) is 0 Å². The highest BCUT2D eigenvalue weighted by molar-refractivity contribution is 7.91. The Bertz CT molecular complexity index is 2800. The van der Waals surface area contributed by atoms with E-state index in [0.717, 1.165) is 79.1 Å². The Kier molecular flexibility index (Phi) is 13.1. The number of nitrogens with two attached hydrogens (primary N) is 2. The lowest BCUT2D eigenvalue weighted by Gasteiger charge is -2.18. The van der Waals surface area contributed by atoms with Crippen molar-refractivity contribution in [3.63, 3.8) is 0 Å². The Balaban J connectivity index is 0.000000191. The zero-order valence-corrected chi connectivity index (χ0v) is 40.0. The number of aryl methyl sites for hydroxylation is 2. The number of hydrogen-bond acceptors (Lipinski definition) is 14. The van der Waals surface area contributed by atoms with Crippen LogP contribution in [0.3, 0.4) is 0 Å². The SMILES string of the molecule is Cc1nc(N(C)C(=O)[C@@H]2Cc3ccc(-c4cccc(N(C)C)n4)cc3C2)sc1S(N)(=O)=O.Cc1nc(N(C)C(=O)[C@H]2Cc3ccc(-c4cccc(N(C)C)n4)cc3C2)sc1S(N)(=O)=O. The number of hydrogen-bond donors (Lipinski definition) is 2. The average Bonchev–Trinajstić information content (AvgIpc) is 4.06. The van der Waals surface area contributed by atoms with Crippen molar-refractivity contribution in [3.05, 3.63) is 106 Å². The molecule has 4 aromatic heterocycles. The zero-order valence-electron chi connectivity index (χ0n) is 36.7. The van der Waals surface area contributed by atoms with Gasteiger partial charge in [-0.2, -0.15) is 0 Å². The lowest BCUT2D eigenvalue weighted by atomic mass is 10.0. The number of thiazole rings is 2. The number of nitrogens with zero attached hydrogens (tertiary/aromatic N) is 8. The average molecular weight is 943 g/mol. The van der Waals surface area contributed by atoms with Gasteiger partial charge in [0.05, 0.1) is 22.8 Å². The molecule has 0 radical (unpaired) electrons. The molecule has 4 N–H and O–H groups in total. The molecule has 4 heterocycles. The maximum absolute atomic E-state index is 13.2. The molecule has 0 unspecified atom stereocenters. The molecule has 0 aliphatic heterocycles. The third-order valence-electron chi connectivity index (χ3n) is 11.2. The minimum absolute atomic E-state index is 0.0149. The van der Waals surface area contributed by atoms with Crippen molar-refractivity contribution in [2.75, 3.05) is 61.9 Å². The molecule has 6 aromatic rings. The third-order valence-corrected chi connectivity index (χ3v) is 16.8. The third kappa shape index (κ3) is 9.86. The number of primary sulfonamides is 2. The maximum atomic E-state index is 13.2. The summed E-state index contributed by atoms with van der Waals surface area (Å²) < 4.78 is 46.8. The molecule has 8 rings (SSSR count). The van der Waals surface area contributed by atoms with Gasteiger partial charge < -0.3 is 9.80 Å². The summed E-state index contributed by atoms with van der Waals surface area (Å²) in [7, 11) is 3.34. The second-order valence-corrected chi connectivity index (χ2v) is 21.8.